The summed E-state index contributed by atoms with van der Waals surface area (Å²) >= 11 is 0. The molecule has 268 valence electrons. The standard InChI is InChI=1S/C54H35NO2/c1-3-13-36(14-4-1)37-27-31-42(32-28-37)55(50-25-12-24-47-46-19-7-8-26-51(46)56-54(47)50)43-33-29-38(30-34-43)40-17-9-18-41(35-40)45-21-11-23-49-48-22-10-20-44(52(48)57-53(45)49)39-15-5-2-6-16-39/h1-35H. The predicted molar refractivity (Wildman–Crippen MR) is 237 cm³/mol. The van der Waals surface area contributed by atoms with E-state index < -0.39 is 0 Å². The molecule has 3 heteroatoms. The molecule has 0 radical (unpaired) electrons. The highest BCUT2D eigenvalue weighted by Gasteiger charge is 2.20. The van der Waals surface area contributed by atoms with E-state index in [1.165, 1.54) is 11.1 Å². The van der Waals surface area contributed by atoms with Gasteiger partial charge in [-0.1, -0.05) is 170 Å². The maximum atomic E-state index is 6.76. The number of nitrogens with zero attached hydrogens (tertiary/aromatic N) is 1. The van der Waals surface area contributed by atoms with Crippen molar-refractivity contribution in [3.05, 3.63) is 212 Å². The smallest absolute Gasteiger partial charge is 0.159 e. The Hall–Kier alpha value is -7.62. The monoisotopic (exact) mass is 729 g/mol. The van der Waals surface area contributed by atoms with E-state index in [4.69, 9.17) is 8.83 Å². The van der Waals surface area contributed by atoms with Gasteiger partial charge < -0.3 is 13.7 Å². The second-order valence-corrected chi connectivity index (χ2v) is 14.5. The molecule has 9 aromatic carbocycles. The third-order valence-corrected chi connectivity index (χ3v) is 11.1. The van der Waals surface area contributed by atoms with Crippen molar-refractivity contribution in [3.63, 3.8) is 0 Å². The summed E-state index contributed by atoms with van der Waals surface area (Å²) in [7, 11) is 0. The SMILES string of the molecule is c1ccc(-c2ccc(N(c3ccc(-c4cccc(-c5cccc6c5oc5c(-c7ccccc7)cccc56)c4)cc3)c3cccc4c3oc3ccccc34)cc2)cc1. The molecule has 0 atom stereocenters. The molecule has 11 aromatic rings. The van der Waals surface area contributed by atoms with Gasteiger partial charge in [-0.25, -0.2) is 0 Å². The van der Waals surface area contributed by atoms with E-state index >= 15 is 0 Å². The van der Waals surface area contributed by atoms with Crippen LogP contribution < -0.4 is 4.90 Å². The zero-order chi connectivity index (χ0) is 37.7. The Bertz CT molecular complexity index is 3210. The fraction of sp³-hybridized carbons (Fsp3) is 0. The zero-order valence-electron chi connectivity index (χ0n) is 31.0. The first-order valence-corrected chi connectivity index (χ1v) is 19.3. The summed E-state index contributed by atoms with van der Waals surface area (Å²) in [6, 6.07) is 74.9. The highest BCUT2D eigenvalue weighted by Crippen LogP contribution is 2.44. The minimum atomic E-state index is 0.860. The lowest BCUT2D eigenvalue weighted by atomic mass is 9.97. The second kappa shape index (κ2) is 13.6. The predicted octanol–water partition coefficient (Wildman–Crippen LogP) is 15.6. The normalized spacial score (nSPS) is 11.5. The minimum Gasteiger partial charge on any atom is -0.455 e. The van der Waals surface area contributed by atoms with Gasteiger partial charge in [0.05, 0.1) is 5.69 Å². The average Bonchev–Trinajstić information content (AvgIpc) is 3.87. The Kier molecular flexibility index (Phi) is 7.82. The molecule has 0 aliphatic rings. The Balaban J connectivity index is 0.991. The molecule has 0 fully saturated rings. The number of fused-ring (bicyclic) bond motifs is 6. The van der Waals surface area contributed by atoms with Gasteiger partial charge in [0, 0.05) is 44.0 Å². The van der Waals surface area contributed by atoms with Crippen molar-refractivity contribution in [1.82, 2.24) is 0 Å². The molecule has 0 saturated carbocycles. The molecule has 0 N–H and O–H groups in total. The van der Waals surface area contributed by atoms with Gasteiger partial charge >= 0.3 is 0 Å². The number of hydrogen-bond donors (Lipinski definition) is 0. The van der Waals surface area contributed by atoms with Crippen LogP contribution in [0.4, 0.5) is 17.1 Å². The Morgan fingerprint density at radius 3 is 1.40 bits per heavy atom. The van der Waals surface area contributed by atoms with Crippen molar-refractivity contribution in [2.75, 3.05) is 4.90 Å². The first-order valence-electron chi connectivity index (χ1n) is 19.3. The van der Waals surface area contributed by atoms with E-state index in [2.05, 4.69) is 199 Å². The van der Waals surface area contributed by atoms with E-state index in [0.29, 0.717) is 0 Å². The molecule has 0 spiro atoms. The van der Waals surface area contributed by atoms with Crippen molar-refractivity contribution < 1.29 is 8.83 Å². The van der Waals surface area contributed by atoms with Crippen LogP contribution in [0.25, 0.3) is 88.4 Å². The summed E-state index contributed by atoms with van der Waals surface area (Å²) in [6.45, 7) is 0. The second-order valence-electron chi connectivity index (χ2n) is 14.5. The summed E-state index contributed by atoms with van der Waals surface area (Å²) < 4.78 is 13.3. The first-order chi connectivity index (χ1) is 28.3. The molecule has 11 rings (SSSR count). The largest absolute Gasteiger partial charge is 0.455 e. The van der Waals surface area contributed by atoms with E-state index in [1.54, 1.807) is 0 Å². The molecule has 2 aromatic heterocycles. The number of hydrogen-bond acceptors (Lipinski definition) is 3. The lowest BCUT2D eigenvalue weighted by molar-refractivity contribution is 0.669. The van der Waals surface area contributed by atoms with Gasteiger partial charge in [-0.15, -0.1) is 0 Å². The van der Waals surface area contributed by atoms with Crippen LogP contribution in [0.3, 0.4) is 0 Å². The van der Waals surface area contributed by atoms with Crippen molar-refractivity contribution in [2.24, 2.45) is 0 Å². The highest BCUT2D eigenvalue weighted by atomic mass is 16.3. The third-order valence-electron chi connectivity index (χ3n) is 11.1. The van der Waals surface area contributed by atoms with Crippen LogP contribution in [0.1, 0.15) is 0 Å². The van der Waals surface area contributed by atoms with Gasteiger partial charge in [-0.2, -0.15) is 0 Å². The zero-order valence-corrected chi connectivity index (χ0v) is 31.0. The molecule has 0 bridgehead atoms. The number of para-hydroxylation sites is 4. The van der Waals surface area contributed by atoms with Crippen molar-refractivity contribution in [3.8, 4) is 44.5 Å². The van der Waals surface area contributed by atoms with Crippen LogP contribution in [0, 0.1) is 0 Å². The number of furan rings is 2. The molecule has 0 aliphatic heterocycles. The summed E-state index contributed by atoms with van der Waals surface area (Å²) in [5.41, 5.74) is 15.7. The Labute approximate surface area is 330 Å². The molecule has 0 aliphatic carbocycles. The topological polar surface area (TPSA) is 29.5 Å². The summed E-state index contributed by atoms with van der Waals surface area (Å²) in [5.74, 6) is 0. The Morgan fingerprint density at radius 2 is 0.737 bits per heavy atom. The molecule has 3 nitrogen and oxygen atoms in total. The van der Waals surface area contributed by atoms with Gasteiger partial charge in [-0.05, 0) is 75.8 Å². The van der Waals surface area contributed by atoms with E-state index in [0.717, 1.165) is 94.3 Å². The summed E-state index contributed by atoms with van der Waals surface area (Å²) in [5, 5.41) is 4.45. The van der Waals surface area contributed by atoms with Gasteiger partial charge in [0.1, 0.15) is 16.7 Å². The first kappa shape index (κ1) is 32.8. The lowest BCUT2D eigenvalue weighted by Crippen LogP contribution is -2.10. The molecule has 2 heterocycles. The van der Waals surface area contributed by atoms with Crippen LogP contribution in [0.15, 0.2) is 221 Å². The molecule has 0 amide bonds. The van der Waals surface area contributed by atoms with Crippen molar-refractivity contribution in [1.29, 1.82) is 0 Å². The van der Waals surface area contributed by atoms with E-state index in [1.807, 2.05) is 18.2 Å². The molecular weight excluding hydrogens is 695 g/mol. The minimum absolute atomic E-state index is 0.860. The Morgan fingerprint density at radius 1 is 0.281 bits per heavy atom. The summed E-state index contributed by atoms with van der Waals surface area (Å²) in [6.07, 6.45) is 0. The fourth-order valence-corrected chi connectivity index (χ4v) is 8.33. The van der Waals surface area contributed by atoms with Gasteiger partial charge in [0.15, 0.2) is 5.58 Å². The van der Waals surface area contributed by atoms with Gasteiger partial charge in [0.25, 0.3) is 0 Å². The van der Waals surface area contributed by atoms with Gasteiger partial charge in [-0.3, -0.25) is 0 Å². The van der Waals surface area contributed by atoms with Crippen LogP contribution in [0.2, 0.25) is 0 Å². The quantitative estimate of drug-likeness (QED) is 0.164. The maximum Gasteiger partial charge on any atom is 0.159 e. The highest BCUT2D eigenvalue weighted by molar-refractivity contribution is 6.13. The van der Waals surface area contributed by atoms with Crippen LogP contribution in [0.5, 0.6) is 0 Å². The molecular formula is C54H35NO2. The third kappa shape index (κ3) is 5.68. The molecule has 0 unspecified atom stereocenters. The lowest BCUT2D eigenvalue weighted by Gasteiger charge is -2.26. The van der Waals surface area contributed by atoms with Crippen molar-refractivity contribution in [2.45, 2.75) is 0 Å². The van der Waals surface area contributed by atoms with Crippen LogP contribution >= 0.6 is 0 Å². The van der Waals surface area contributed by atoms with Crippen LogP contribution in [-0.2, 0) is 0 Å². The van der Waals surface area contributed by atoms with E-state index in [9.17, 15) is 0 Å². The maximum absolute atomic E-state index is 6.76. The summed E-state index contributed by atoms with van der Waals surface area (Å²) in [4.78, 5) is 2.30. The molecule has 57 heavy (non-hydrogen) atoms. The molecule has 0 saturated heterocycles. The number of benzene rings is 9. The van der Waals surface area contributed by atoms with E-state index in [-0.39, 0.29) is 0 Å². The van der Waals surface area contributed by atoms with Crippen LogP contribution in [-0.4, -0.2) is 0 Å². The average molecular weight is 730 g/mol. The number of rotatable bonds is 7. The number of anilines is 3. The fourth-order valence-electron chi connectivity index (χ4n) is 8.33. The van der Waals surface area contributed by atoms with Crippen molar-refractivity contribution >= 4 is 60.9 Å². The van der Waals surface area contributed by atoms with Gasteiger partial charge in [0.2, 0.25) is 0 Å².